The fourth-order valence-corrected chi connectivity index (χ4v) is 2.46. The number of nitrogens with two attached hydrogens (primary N) is 1. The smallest absolute Gasteiger partial charge is 0.0725 e. The largest absolute Gasteiger partial charge is 0.271 e. The van der Waals surface area contributed by atoms with Gasteiger partial charge in [0, 0.05) is 10.0 Å². The van der Waals surface area contributed by atoms with Gasteiger partial charge in [0.25, 0.3) is 0 Å². The molecule has 0 saturated heterocycles. The summed E-state index contributed by atoms with van der Waals surface area (Å²) in [7, 11) is 0. The molecule has 0 heterocycles. The predicted molar refractivity (Wildman–Crippen MR) is 76.8 cm³/mol. The minimum atomic E-state index is -0.170. The average molecular weight is 281 g/mol. The van der Waals surface area contributed by atoms with E-state index in [1.807, 2.05) is 49.4 Å². The summed E-state index contributed by atoms with van der Waals surface area (Å²) >= 11 is 12.3. The Labute approximate surface area is 117 Å². The minimum Gasteiger partial charge on any atom is -0.271 e. The van der Waals surface area contributed by atoms with Crippen molar-refractivity contribution < 1.29 is 0 Å². The number of nitrogens with one attached hydrogen (secondary N) is 1. The first-order valence-corrected chi connectivity index (χ1v) is 6.35. The molecule has 0 bridgehead atoms. The van der Waals surface area contributed by atoms with Gasteiger partial charge < -0.3 is 0 Å². The van der Waals surface area contributed by atoms with E-state index in [4.69, 9.17) is 29.0 Å². The molecule has 0 spiro atoms. The Morgan fingerprint density at radius 2 is 1.89 bits per heavy atom. The van der Waals surface area contributed by atoms with Gasteiger partial charge in [-0.25, -0.2) is 5.43 Å². The summed E-state index contributed by atoms with van der Waals surface area (Å²) in [6.07, 6.45) is 0. The third kappa shape index (κ3) is 2.85. The Hall–Kier alpha value is -1.06. The zero-order valence-electron chi connectivity index (χ0n) is 9.95. The van der Waals surface area contributed by atoms with E-state index in [9.17, 15) is 0 Å². The van der Waals surface area contributed by atoms with Crippen LogP contribution in [-0.2, 0) is 0 Å². The first kappa shape index (κ1) is 13.4. The molecule has 18 heavy (non-hydrogen) atoms. The van der Waals surface area contributed by atoms with Crippen molar-refractivity contribution >= 4 is 23.2 Å². The molecular formula is C14H14Cl2N2. The van der Waals surface area contributed by atoms with E-state index < -0.39 is 0 Å². The molecule has 0 amide bonds. The van der Waals surface area contributed by atoms with Crippen LogP contribution < -0.4 is 11.3 Å². The Morgan fingerprint density at radius 1 is 1.11 bits per heavy atom. The number of hydrazine groups is 1. The van der Waals surface area contributed by atoms with Crippen molar-refractivity contribution in [2.45, 2.75) is 13.0 Å². The van der Waals surface area contributed by atoms with Crippen LogP contribution in [0.25, 0.3) is 0 Å². The van der Waals surface area contributed by atoms with Gasteiger partial charge in [-0.1, -0.05) is 47.5 Å². The van der Waals surface area contributed by atoms with Crippen molar-refractivity contribution in [2.75, 3.05) is 0 Å². The minimum absolute atomic E-state index is 0.170. The van der Waals surface area contributed by atoms with E-state index >= 15 is 0 Å². The average Bonchev–Trinajstić information content (AvgIpc) is 2.33. The second-order valence-electron chi connectivity index (χ2n) is 4.18. The van der Waals surface area contributed by atoms with E-state index in [0.717, 1.165) is 16.7 Å². The number of hydrogen-bond acceptors (Lipinski definition) is 2. The van der Waals surface area contributed by atoms with Gasteiger partial charge in [-0.15, -0.1) is 0 Å². The van der Waals surface area contributed by atoms with Crippen molar-refractivity contribution in [3.8, 4) is 0 Å². The normalized spacial score (nSPS) is 12.4. The van der Waals surface area contributed by atoms with Crippen molar-refractivity contribution in [1.29, 1.82) is 0 Å². The Morgan fingerprint density at radius 3 is 2.50 bits per heavy atom. The fraction of sp³-hybridized carbons (Fsp3) is 0.143. The van der Waals surface area contributed by atoms with E-state index in [2.05, 4.69) is 5.43 Å². The molecule has 1 unspecified atom stereocenters. The number of rotatable bonds is 3. The van der Waals surface area contributed by atoms with Crippen LogP contribution in [0.4, 0.5) is 0 Å². The van der Waals surface area contributed by atoms with Crippen LogP contribution in [0, 0.1) is 6.92 Å². The summed E-state index contributed by atoms with van der Waals surface area (Å²) in [5, 5.41) is 1.37. The monoisotopic (exact) mass is 280 g/mol. The maximum Gasteiger partial charge on any atom is 0.0725 e. The second kappa shape index (κ2) is 5.72. The van der Waals surface area contributed by atoms with Gasteiger partial charge in [-0.2, -0.15) is 0 Å². The highest BCUT2D eigenvalue weighted by Gasteiger charge is 2.15. The molecule has 2 rings (SSSR count). The van der Waals surface area contributed by atoms with Crippen LogP contribution in [0.1, 0.15) is 22.7 Å². The van der Waals surface area contributed by atoms with Crippen molar-refractivity contribution in [3.05, 3.63) is 69.2 Å². The van der Waals surface area contributed by atoms with Crippen molar-refractivity contribution in [2.24, 2.45) is 5.84 Å². The summed E-state index contributed by atoms with van der Waals surface area (Å²) in [6.45, 7) is 2.00. The lowest BCUT2D eigenvalue weighted by molar-refractivity contribution is 0.637. The maximum atomic E-state index is 6.26. The van der Waals surface area contributed by atoms with Crippen molar-refractivity contribution in [1.82, 2.24) is 5.43 Å². The zero-order chi connectivity index (χ0) is 13.1. The van der Waals surface area contributed by atoms with E-state index in [1.54, 1.807) is 0 Å². The maximum absolute atomic E-state index is 6.26. The molecule has 1 atom stereocenters. The van der Waals surface area contributed by atoms with Gasteiger partial charge in [0.15, 0.2) is 0 Å². The molecule has 0 aromatic heterocycles. The van der Waals surface area contributed by atoms with Crippen LogP contribution in [0.15, 0.2) is 42.5 Å². The number of halogens is 2. The third-order valence-electron chi connectivity index (χ3n) is 2.82. The van der Waals surface area contributed by atoms with Gasteiger partial charge in [0.2, 0.25) is 0 Å². The lowest BCUT2D eigenvalue weighted by Gasteiger charge is -2.18. The van der Waals surface area contributed by atoms with Gasteiger partial charge in [-0.05, 0) is 41.8 Å². The standard InChI is InChI=1S/C14H14Cl2N2/c1-9-5-6-12(13(16)7-9)14(18-17)10-3-2-4-11(15)8-10/h2-8,14,18H,17H2,1H3. The summed E-state index contributed by atoms with van der Waals surface area (Å²) < 4.78 is 0. The summed E-state index contributed by atoms with van der Waals surface area (Å²) in [6, 6.07) is 13.3. The Balaban J connectivity index is 2.45. The molecule has 2 aromatic rings. The van der Waals surface area contributed by atoms with Crippen LogP contribution >= 0.6 is 23.2 Å². The van der Waals surface area contributed by atoms with Crippen LogP contribution in [-0.4, -0.2) is 0 Å². The third-order valence-corrected chi connectivity index (χ3v) is 3.38. The fourth-order valence-electron chi connectivity index (χ4n) is 1.92. The second-order valence-corrected chi connectivity index (χ2v) is 5.02. The van der Waals surface area contributed by atoms with Gasteiger partial charge in [-0.3, -0.25) is 5.84 Å². The number of aryl methyl sites for hydroxylation is 1. The Bertz CT molecular complexity index is 555. The van der Waals surface area contributed by atoms with Crippen LogP contribution in [0.5, 0.6) is 0 Å². The zero-order valence-corrected chi connectivity index (χ0v) is 11.5. The van der Waals surface area contributed by atoms with Crippen molar-refractivity contribution in [3.63, 3.8) is 0 Å². The molecule has 0 fully saturated rings. The molecule has 3 N–H and O–H groups in total. The molecule has 0 aliphatic rings. The highest BCUT2D eigenvalue weighted by molar-refractivity contribution is 6.31. The van der Waals surface area contributed by atoms with Gasteiger partial charge >= 0.3 is 0 Å². The van der Waals surface area contributed by atoms with Crippen LogP contribution in [0.2, 0.25) is 10.0 Å². The molecule has 0 radical (unpaired) electrons. The lowest BCUT2D eigenvalue weighted by Crippen LogP contribution is -2.29. The lowest BCUT2D eigenvalue weighted by atomic mass is 9.98. The first-order chi connectivity index (χ1) is 8.61. The molecular weight excluding hydrogens is 267 g/mol. The molecule has 0 saturated carbocycles. The van der Waals surface area contributed by atoms with E-state index in [-0.39, 0.29) is 6.04 Å². The summed E-state index contributed by atoms with van der Waals surface area (Å²) in [5.74, 6) is 5.64. The highest BCUT2D eigenvalue weighted by Crippen LogP contribution is 2.29. The molecule has 94 valence electrons. The van der Waals surface area contributed by atoms with E-state index in [1.165, 1.54) is 0 Å². The quantitative estimate of drug-likeness (QED) is 0.662. The molecule has 2 nitrogen and oxygen atoms in total. The number of benzene rings is 2. The summed E-state index contributed by atoms with van der Waals surface area (Å²) in [4.78, 5) is 0. The first-order valence-electron chi connectivity index (χ1n) is 5.59. The molecule has 2 aromatic carbocycles. The summed E-state index contributed by atoms with van der Waals surface area (Å²) in [5.41, 5.74) is 5.81. The topological polar surface area (TPSA) is 38.0 Å². The highest BCUT2D eigenvalue weighted by atomic mass is 35.5. The SMILES string of the molecule is Cc1ccc(C(NN)c2cccc(Cl)c2)c(Cl)c1. The van der Waals surface area contributed by atoms with E-state index in [0.29, 0.717) is 10.0 Å². The molecule has 0 aliphatic heterocycles. The van der Waals surface area contributed by atoms with Gasteiger partial charge in [0.05, 0.1) is 6.04 Å². The number of hydrogen-bond donors (Lipinski definition) is 2. The molecule has 0 aliphatic carbocycles. The van der Waals surface area contributed by atoms with Gasteiger partial charge in [0.1, 0.15) is 0 Å². The van der Waals surface area contributed by atoms with Crippen LogP contribution in [0.3, 0.4) is 0 Å². The predicted octanol–water partition coefficient (Wildman–Crippen LogP) is 3.85. The molecule has 4 heteroatoms. The Kier molecular flexibility index (Phi) is 4.25.